The van der Waals surface area contributed by atoms with Crippen LogP contribution in [0.4, 0.5) is 0 Å². The molecule has 0 amide bonds. The highest BCUT2D eigenvalue weighted by Gasteiger charge is 2.21. The van der Waals surface area contributed by atoms with Crippen molar-refractivity contribution in [1.82, 2.24) is 0 Å². The first kappa shape index (κ1) is 15.6. The SMILES string of the molecule is COCc1c(C(=O)OCc2ccccc2Cl)oc2ccccc12. The monoisotopic (exact) mass is 330 g/mol. The van der Waals surface area contributed by atoms with Gasteiger partial charge >= 0.3 is 5.97 Å². The number of halogens is 1. The molecule has 0 aliphatic heterocycles. The molecule has 0 fully saturated rings. The van der Waals surface area contributed by atoms with Crippen molar-refractivity contribution < 1.29 is 18.7 Å². The molecule has 5 heteroatoms. The van der Waals surface area contributed by atoms with Crippen molar-refractivity contribution in [3.05, 3.63) is 70.4 Å². The minimum atomic E-state index is -0.534. The molecule has 3 rings (SSSR count). The van der Waals surface area contributed by atoms with Gasteiger partial charge < -0.3 is 13.9 Å². The summed E-state index contributed by atoms with van der Waals surface area (Å²) in [7, 11) is 1.57. The average Bonchev–Trinajstić information content (AvgIpc) is 2.93. The molecule has 0 bridgehead atoms. The molecule has 0 N–H and O–H groups in total. The standard InChI is InChI=1S/C18H15ClO4/c1-21-11-14-13-7-3-5-9-16(13)23-17(14)18(20)22-10-12-6-2-4-8-15(12)19/h2-9H,10-11H2,1H3. The zero-order chi connectivity index (χ0) is 16.2. The number of hydrogen-bond donors (Lipinski definition) is 0. The third kappa shape index (κ3) is 3.23. The number of methoxy groups -OCH3 is 1. The first-order chi connectivity index (χ1) is 11.2. The van der Waals surface area contributed by atoms with Gasteiger partial charge in [-0.1, -0.05) is 48.0 Å². The van der Waals surface area contributed by atoms with Crippen LogP contribution in [0.1, 0.15) is 21.7 Å². The van der Waals surface area contributed by atoms with Crippen molar-refractivity contribution in [2.75, 3.05) is 7.11 Å². The quantitative estimate of drug-likeness (QED) is 0.642. The predicted molar refractivity (Wildman–Crippen MR) is 87.5 cm³/mol. The lowest BCUT2D eigenvalue weighted by atomic mass is 10.1. The van der Waals surface area contributed by atoms with Crippen molar-refractivity contribution >= 4 is 28.5 Å². The van der Waals surface area contributed by atoms with E-state index in [0.717, 1.165) is 10.9 Å². The molecule has 1 aromatic heterocycles. The molecule has 0 aliphatic rings. The topological polar surface area (TPSA) is 48.7 Å². The largest absolute Gasteiger partial charge is 0.455 e. The highest BCUT2D eigenvalue weighted by atomic mass is 35.5. The van der Waals surface area contributed by atoms with Gasteiger partial charge in [-0.25, -0.2) is 4.79 Å². The molecule has 23 heavy (non-hydrogen) atoms. The zero-order valence-corrected chi connectivity index (χ0v) is 13.3. The number of furan rings is 1. The lowest BCUT2D eigenvalue weighted by Crippen LogP contribution is -2.07. The fourth-order valence-electron chi connectivity index (χ4n) is 2.38. The normalized spacial score (nSPS) is 10.9. The molecule has 118 valence electrons. The second kappa shape index (κ2) is 6.86. The Morgan fingerprint density at radius 3 is 2.61 bits per heavy atom. The van der Waals surface area contributed by atoms with Crippen molar-refractivity contribution in [2.24, 2.45) is 0 Å². The summed E-state index contributed by atoms with van der Waals surface area (Å²) in [5.74, 6) is -0.367. The summed E-state index contributed by atoms with van der Waals surface area (Å²) >= 11 is 6.06. The molecule has 0 atom stereocenters. The Kier molecular flexibility index (Phi) is 4.65. The number of rotatable bonds is 5. The summed E-state index contributed by atoms with van der Waals surface area (Å²) in [5.41, 5.74) is 2.06. The first-order valence-electron chi connectivity index (χ1n) is 7.10. The van der Waals surface area contributed by atoms with Crippen LogP contribution in [0.2, 0.25) is 5.02 Å². The van der Waals surface area contributed by atoms with Crippen LogP contribution in [0.5, 0.6) is 0 Å². The molecule has 3 aromatic rings. The summed E-state index contributed by atoms with van der Waals surface area (Å²) < 4.78 is 16.2. The summed E-state index contributed by atoms with van der Waals surface area (Å²) in [5, 5.41) is 1.40. The van der Waals surface area contributed by atoms with E-state index in [1.807, 2.05) is 36.4 Å². The lowest BCUT2D eigenvalue weighted by Gasteiger charge is -2.06. The van der Waals surface area contributed by atoms with E-state index in [0.29, 0.717) is 16.2 Å². The van der Waals surface area contributed by atoms with Crippen molar-refractivity contribution in [3.8, 4) is 0 Å². The number of carbonyl (C=O) groups is 1. The van der Waals surface area contributed by atoms with Gasteiger partial charge in [0, 0.05) is 28.6 Å². The number of esters is 1. The highest BCUT2D eigenvalue weighted by Crippen LogP contribution is 2.27. The third-order valence-corrected chi connectivity index (χ3v) is 3.86. The number of para-hydroxylation sites is 1. The second-order valence-electron chi connectivity index (χ2n) is 5.01. The molecular weight excluding hydrogens is 316 g/mol. The third-order valence-electron chi connectivity index (χ3n) is 3.49. The van der Waals surface area contributed by atoms with Gasteiger partial charge in [0.2, 0.25) is 5.76 Å². The van der Waals surface area contributed by atoms with Gasteiger partial charge in [0.15, 0.2) is 0 Å². The molecule has 4 nitrogen and oxygen atoms in total. The fourth-order valence-corrected chi connectivity index (χ4v) is 2.57. The first-order valence-corrected chi connectivity index (χ1v) is 7.48. The minimum Gasteiger partial charge on any atom is -0.455 e. The van der Waals surface area contributed by atoms with Crippen LogP contribution in [0.15, 0.2) is 52.9 Å². The van der Waals surface area contributed by atoms with Gasteiger partial charge in [-0.2, -0.15) is 0 Å². The Balaban J connectivity index is 1.86. The van der Waals surface area contributed by atoms with Crippen molar-refractivity contribution in [2.45, 2.75) is 13.2 Å². The van der Waals surface area contributed by atoms with Crippen molar-refractivity contribution in [1.29, 1.82) is 0 Å². The van der Waals surface area contributed by atoms with Gasteiger partial charge in [-0.15, -0.1) is 0 Å². The Morgan fingerprint density at radius 1 is 1.09 bits per heavy atom. The maximum atomic E-state index is 12.4. The van der Waals surface area contributed by atoms with Crippen LogP contribution in [0.3, 0.4) is 0 Å². The molecule has 0 saturated carbocycles. The van der Waals surface area contributed by atoms with Gasteiger partial charge in [0.05, 0.1) is 6.61 Å². The summed E-state index contributed by atoms with van der Waals surface area (Å²) in [6.07, 6.45) is 0. The maximum Gasteiger partial charge on any atom is 0.374 e. The summed E-state index contributed by atoms with van der Waals surface area (Å²) in [6.45, 7) is 0.357. The van der Waals surface area contributed by atoms with E-state index in [1.54, 1.807) is 19.2 Å². The van der Waals surface area contributed by atoms with Crippen LogP contribution < -0.4 is 0 Å². The van der Waals surface area contributed by atoms with E-state index in [-0.39, 0.29) is 19.0 Å². The van der Waals surface area contributed by atoms with Crippen LogP contribution in [0, 0.1) is 0 Å². The Bertz CT molecular complexity index is 838. The Labute approximate surface area is 138 Å². The van der Waals surface area contributed by atoms with Crippen LogP contribution in [-0.2, 0) is 22.7 Å². The van der Waals surface area contributed by atoms with Crippen molar-refractivity contribution in [3.63, 3.8) is 0 Å². The highest BCUT2D eigenvalue weighted by molar-refractivity contribution is 6.31. The van der Waals surface area contributed by atoms with E-state index in [1.165, 1.54) is 0 Å². The number of benzene rings is 2. The van der Waals surface area contributed by atoms with E-state index in [9.17, 15) is 4.79 Å². The van der Waals surface area contributed by atoms with E-state index in [2.05, 4.69) is 0 Å². The number of ether oxygens (including phenoxy) is 2. The lowest BCUT2D eigenvalue weighted by molar-refractivity contribution is 0.0433. The Hall–Kier alpha value is -2.30. The number of carbonyl (C=O) groups excluding carboxylic acids is 1. The second-order valence-corrected chi connectivity index (χ2v) is 5.41. The maximum absolute atomic E-state index is 12.4. The van der Waals surface area contributed by atoms with Crippen LogP contribution in [-0.4, -0.2) is 13.1 Å². The molecule has 0 unspecified atom stereocenters. The van der Waals surface area contributed by atoms with Gasteiger partial charge in [-0.3, -0.25) is 0 Å². The molecule has 2 aromatic carbocycles. The number of hydrogen-bond acceptors (Lipinski definition) is 4. The zero-order valence-electron chi connectivity index (χ0n) is 12.5. The molecular formula is C18H15ClO4. The van der Waals surface area contributed by atoms with E-state index in [4.69, 9.17) is 25.5 Å². The van der Waals surface area contributed by atoms with Crippen LogP contribution in [0.25, 0.3) is 11.0 Å². The van der Waals surface area contributed by atoms with Gasteiger partial charge in [0.25, 0.3) is 0 Å². The van der Waals surface area contributed by atoms with Crippen LogP contribution >= 0.6 is 11.6 Å². The molecule has 0 saturated heterocycles. The molecule has 1 heterocycles. The smallest absolute Gasteiger partial charge is 0.374 e. The molecule has 0 spiro atoms. The van der Waals surface area contributed by atoms with Gasteiger partial charge in [0.1, 0.15) is 12.2 Å². The molecule has 0 radical (unpaired) electrons. The fraction of sp³-hybridized carbons (Fsp3) is 0.167. The summed E-state index contributed by atoms with van der Waals surface area (Å²) in [6, 6.07) is 14.7. The minimum absolute atomic E-state index is 0.0853. The van der Waals surface area contributed by atoms with Gasteiger partial charge in [-0.05, 0) is 12.1 Å². The van der Waals surface area contributed by atoms with E-state index >= 15 is 0 Å². The predicted octanol–water partition coefficient (Wildman–Crippen LogP) is 4.59. The summed E-state index contributed by atoms with van der Waals surface area (Å²) in [4.78, 5) is 12.4. The Morgan fingerprint density at radius 2 is 1.83 bits per heavy atom. The van der Waals surface area contributed by atoms with E-state index < -0.39 is 5.97 Å². The molecule has 0 aliphatic carbocycles. The number of fused-ring (bicyclic) bond motifs is 1. The average molecular weight is 331 g/mol.